The molecule has 0 aliphatic heterocycles. The number of carbonyl (C=O) groups excluding carboxylic acids is 1. The van der Waals surface area contributed by atoms with E-state index in [9.17, 15) is 4.79 Å². The lowest BCUT2D eigenvalue weighted by molar-refractivity contribution is -0.124. The van der Waals surface area contributed by atoms with E-state index in [1.165, 1.54) is 11.8 Å². The third-order valence-corrected chi connectivity index (χ3v) is 3.37. The highest BCUT2D eigenvalue weighted by Gasteiger charge is 2.04. The quantitative estimate of drug-likeness (QED) is 0.877. The maximum Gasteiger partial charge on any atom is 0.245 e. The van der Waals surface area contributed by atoms with Gasteiger partial charge in [-0.05, 0) is 12.1 Å². The molecular weight excluding hydrogens is 236 g/mol. The smallest absolute Gasteiger partial charge is 0.245 e. The van der Waals surface area contributed by atoms with Crippen molar-refractivity contribution in [2.24, 2.45) is 0 Å². The Balaban J connectivity index is 1.89. The summed E-state index contributed by atoms with van der Waals surface area (Å²) in [5.41, 5.74) is 1.02. The number of thiazole rings is 1. The SMILES string of the molecule is COCC(=O)NCCc1nc2ccccc2s1. The molecule has 5 heteroatoms. The number of methoxy groups -OCH3 is 1. The van der Waals surface area contributed by atoms with Crippen LogP contribution in [0.5, 0.6) is 0 Å². The number of fused-ring (bicyclic) bond motifs is 1. The standard InChI is InChI=1S/C12H14N2O2S/c1-16-8-11(15)13-7-6-12-14-9-4-2-3-5-10(9)17-12/h2-5H,6-8H2,1H3,(H,13,15). The normalized spacial score (nSPS) is 10.6. The van der Waals surface area contributed by atoms with Crippen molar-refractivity contribution in [2.75, 3.05) is 20.3 Å². The third-order valence-electron chi connectivity index (χ3n) is 2.27. The molecule has 1 aromatic heterocycles. The van der Waals surface area contributed by atoms with Gasteiger partial charge in [0.1, 0.15) is 6.61 Å². The van der Waals surface area contributed by atoms with Crippen LogP contribution in [0.25, 0.3) is 10.2 Å². The van der Waals surface area contributed by atoms with Crippen LogP contribution in [0.3, 0.4) is 0 Å². The van der Waals surface area contributed by atoms with Crippen molar-refractivity contribution in [3.05, 3.63) is 29.3 Å². The number of nitrogens with zero attached hydrogens (tertiary/aromatic N) is 1. The van der Waals surface area contributed by atoms with Gasteiger partial charge in [0.2, 0.25) is 5.91 Å². The van der Waals surface area contributed by atoms with Crippen LogP contribution >= 0.6 is 11.3 Å². The van der Waals surface area contributed by atoms with E-state index < -0.39 is 0 Å². The van der Waals surface area contributed by atoms with E-state index in [1.807, 2.05) is 18.2 Å². The van der Waals surface area contributed by atoms with Crippen molar-refractivity contribution in [1.82, 2.24) is 10.3 Å². The van der Waals surface area contributed by atoms with Gasteiger partial charge in [0.25, 0.3) is 0 Å². The van der Waals surface area contributed by atoms with E-state index in [2.05, 4.69) is 16.4 Å². The van der Waals surface area contributed by atoms with Gasteiger partial charge in [-0.3, -0.25) is 4.79 Å². The molecule has 0 fully saturated rings. The molecule has 90 valence electrons. The number of rotatable bonds is 5. The Hall–Kier alpha value is -1.46. The summed E-state index contributed by atoms with van der Waals surface area (Å²) < 4.78 is 5.92. The summed E-state index contributed by atoms with van der Waals surface area (Å²) in [4.78, 5) is 15.6. The summed E-state index contributed by atoms with van der Waals surface area (Å²) in [6.07, 6.45) is 0.759. The molecule has 0 aliphatic rings. The number of nitrogens with one attached hydrogen (secondary N) is 1. The van der Waals surface area contributed by atoms with Crippen LogP contribution in [-0.2, 0) is 16.0 Å². The predicted molar refractivity (Wildman–Crippen MR) is 68.2 cm³/mol. The molecule has 2 rings (SSSR count). The second kappa shape index (κ2) is 5.75. The summed E-state index contributed by atoms with van der Waals surface area (Å²) in [5, 5.41) is 3.82. The largest absolute Gasteiger partial charge is 0.375 e. The maximum absolute atomic E-state index is 11.2. The lowest BCUT2D eigenvalue weighted by atomic mass is 10.3. The Morgan fingerprint density at radius 2 is 2.29 bits per heavy atom. The van der Waals surface area contributed by atoms with Crippen molar-refractivity contribution < 1.29 is 9.53 Å². The molecule has 0 bridgehead atoms. The Bertz CT molecular complexity index is 477. The molecule has 0 radical (unpaired) electrons. The third kappa shape index (κ3) is 3.25. The van der Waals surface area contributed by atoms with Gasteiger partial charge in [-0.25, -0.2) is 4.98 Å². The van der Waals surface area contributed by atoms with E-state index >= 15 is 0 Å². The molecule has 1 aromatic carbocycles. The maximum atomic E-state index is 11.2. The Kier molecular flexibility index (Phi) is 4.06. The number of benzene rings is 1. The van der Waals surface area contributed by atoms with Crippen molar-refractivity contribution in [3.63, 3.8) is 0 Å². The summed E-state index contributed by atoms with van der Waals surface area (Å²) in [7, 11) is 1.51. The number of carbonyl (C=O) groups is 1. The van der Waals surface area contributed by atoms with Gasteiger partial charge in [-0.1, -0.05) is 12.1 Å². The first-order valence-corrected chi connectivity index (χ1v) is 6.21. The first-order valence-electron chi connectivity index (χ1n) is 5.39. The highest BCUT2D eigenvalue weighted by Crippen LogP contribution is 2.21. The molecule has 17 heavy (non-hydrogen) atoms. The molecule has 0 unspecified atom stereocenters. The second-order valence-electron chi connectivity index (χ2n) is 3.61. The highest BCUT2D eigenvalue weighted by molar-refractivity contribution is 7.18. The average Bonchev–Trinajstić information content (AvgIpc) is 2.71. The van der Waals surface area contributed by atoms with Gasteiger partial charge in [-0.15, -0.1) is 11.3 Å². The second-order valence-corrected chi connectivity index (χ2v) is 4.72. The summed E-state index contributed by atoms with van der Waals surface area (Å²) in [6, 6.07) is 8.04. The number of hydrogen-bond donors (Lipinski definition) is 1. The molecule has 1 N–H and O–H groups in total. The van der Waals surface area contributed by atoms with Crippen molar-refractivity contribution in [3.8, 4) is 0 Å². The van der Waals surface area contributed by atoms with Crippen LogP contribution in [0.4, 0.5) is 0 Å². The fraction of sp³-hybridized carbons (Fsp3) is 0.333. The van der Waals surface area contributed by atoms with E-state index in [-0.39, 0.29) is 12.5 Å². The fourth-order valence-corrected chi connectivity index (χ4v) is 2.48. The average molecular weight is 250 g/mol. The lowest BCUT2D eigenvalue weighted by Crippen LogP contribution is -2.28. The Labute approximate surface area is 104 Å². The molecule has 0 saturated heterocycles. The number of para-hydroxylation sites is 1. The topological polar surface area (TPSA) is 51.2 Å². The van der Waals surface area contributed by atoms with Crippen LogP contribution in [0, 0.1) is 0 Å². The van der Waals surface area contributed by atoms with Crippen LogP contribution in [0.1, 0.15) is 5.01 Å². The minimum Gasteiger partial charge on any atom is -0.375 e. The van der Waals surface area contributed by atoms with E-state index in [0.29, 0.717) is 6.54 Å². The Morgan fingerprint density at radius 1 is 1.47 bits per heavy atom. The number of ether oxygens (including phenoxy) is 1. The zero-order valence-corrected chi connectivity index (χ0v) is 10.4. The summed E-state index contributed by atoms with van der Waals surface area (Å²) in [6.45, 7) is 0.710. The molecule has 1 heterocycles. The molecule has 1 amide bonds. The molecule has 2 aromatic rings. The lowest BCUT2D eigenvalue weighted by Gasteiger charge is -2.01. The van der Waals surface area contributed by atoms with Gasteiger partial charge < -0.3 is 10.1 Å². The molecule has 4 nitrogen and oxygen atoms in total. The molecule has 0 saturated carbocycles. The van der Waals surface area contributed by atoms with Crippen LogP contribution in [-0.4, -0.2) is 31.2 Å². The first-order chi connectivity index (χ1) is 8.29. The summed E-state index contributed by atoms with van der Waals surface area (Å²) >= 11 is 1.67. The van der Waals surface area contributed by atoms with Crippen molar-refractivity contribution >= 4 is 27.5 Å². The van der Waals surface area contributed by atoms with Gasteiger partial charge in [0.15, 0.2) is 0 Å². The zero-order valence-electron chi connectivity index (χ0n) is 9.60. The van der Waals surface area contributed by atoms with Crippen molar-refractivity contribution in [1.29, 1.82) is 0 Å². The number of aromatic nitrogens is 1. The molecule has 0 atom stereocenters. The molecule has 0 aliphatic carbocycles. The van der Waals surface area contributed by atoms with Gasteiger partial charge in [0, 0.05) is 20.1 Å². The molecule has 0 spiro atoms. The monoisotopic (exact) mass is 250 g/mol. The van der Waals surface area contributed by atoms with Gasteiger partial charge >= 0.3 is 0 Å². The van der Waals surface area contributed by atoms with E-state index in [0.717, 1.165) is 16.9 Å². The van der Waals surface area contributed by atoms with Gasteiger partial charge in [0.05, 0.1) is 15.2 Å². The minimum absolute atomic E-state index is 0.0892. The van der Waals surface area contributed by atoms with Crippen molar-refractivity contribution in [2.45, 2.75) is 6.42 Å². The van der Waals surface area contributed by atoms with E-state index in [1.54, 1.807) is 11.3 Å². The van der Waals surface area contributed by atoms with Crippen LogP contribution < -0.4 is 5.32 Å². The number of hydrogen-bond acceptors (Lipinski definition) is 4. The predicted octanol–water partition coefficient (Wildman–Crippen LogP) is 1.60. The Morgan fingerprint density at radius 3 is 3.06 bits per heavy atom. The van der Waals surface area contributed by atoms with Crippen LogP contribution in [0.15, 0.2) is 24.3 Å². The highest BCUT2D eigenvalue weighted by atomic mass is 32.1. The van der Waals surface area contributed by atoms with Gasteiger partial charge in [-0.2, -0.15) is 0 Å². The zero-order chi connectivity index (χ0) is 12.1. The minimum atomic E-state index is -0.0892. The molecular formula is C12H14N2O2S. The summed E-state index contributed by atoms with van der Waals surface area (Å²) in [5.74, 6) is -0.0892. The number of amides is 1. The fourth-order valence-electron chi connectivity index (χ4n) is 1.52. The first kappa shape index (κ1) is 12.0. The van der Waals surface area contributed by atoms with E-state index in [4.69, 9.17) is 4.74 Å². The van der Waals surface area contributed by atoms with Crippen LogP contribution in [0.2, 0.25) is 0 Å².